The van der Waals surface area contributed by atoms with Crippen LogP contribution in [0.5, 0.6) is 11.6 Å². The Hall–Kier alpha value is -5.95. The molecule has 7 rings (SSSR count). The molecular formula is C40H40FN7O5. The van der Waals surface area contributed by atoms with E-state index in [1.54, 1.807) is 28.4 Å². The molecule has 0 aliphatic carbocycles. The summed E-state index contributed by atoms with van der Waals surface area (Å²) >= 11 is 0. The summed E-state index contributed by atoms with van der Waals surface area (Å²) in [5.74, 6) is -1.04. The van der Waals surface area contributed by atoms with Gasteiger partial charge in [-0.25, -0.2) is 9.37 Å². The number of anilines is 1. The summed E-state index contributed by atoms with van der Waals surface area (Å²) in [4.78, 5) is 57.6. The predicted octanol–water partition coefficient (Wildman–Crippen LogP) is 4.82. The van der Waals surface area contributed by atoms with E-state index in [9.17, 15) is 23.9 Å². The lowest BCUT2D eigenvalue weighted by Crippen LogP contribution is -2.53. The summed E-state index contributed by atoms with van der Waals surface area (Å²) in [5.41, 5.74) is 7.98. The first-order valence-corrected chi connectivity index (χ1v) is 17.6. The molecule has 2 fully saturated rings. The van der Waals surface area contributed by atoms with Crippen molar-refractivity contribution in [2.45, 2.75) is 44.2 Å². The van der Waals surface area contributed by atoms with Crippen molar-refractivity contribution < 1.29 is 23.8 Å². The highest BCUT2D eigenvalue weighted by Gasteiger charge is 2.42. The lowest BCUT2D eigenvalue weighted by Gasteiger charge is -2.43. The maximum Gasteiger partial charge on any atom is 0.280 e. The molecule has 3 aromatic heterocycles. The standard InChI is InChI=1S/C40H40FN7O5/c1-26-7-8-28(22-44-26)29-19-30(21-43-20-29)37(49)47-16-13-33(34(23-47)27-5-3-2-4-6-27)38(50)46-17-14-40(52,15-18-46)24-48-25-45-36(35(42)39(48)51)53-32-11-9-31(41)10-12-32/h2-12,19-22,25,33-34,52H,13-18,23-24,42H2,1H3/t33-,34+/m1/s1. The van der Waals surface area contributed by atoms with Gasteiger partial charge < -0.3 is 25.4 Å². The number of carbonyl (C=O) groups is 2. The zero-order chi connectivity index (χ0) is 37.1. The topological polar surface area (TPSA) is 157 Å². The molecule has 0 unspecified atom stereocenters. The zero-order valence-corrected chi connectivity index (χ0v) is 29.3. The molecule has 12 nitrogen and oxygen atoms in total. The van der Waals surface area contributed by atoms with Crippen molar-refractivity contribution in [3.8, 4) is 22.8 Å². The first-order valence-electron chi connectivity index (χ1n) is 17.6. The number of hydrogen-bond donors (Lipinski definition) is 2. The van der Waals surface area contributed by atoms with Crippen molar-refractivity contribution in [1.82, 2.24) is 29.3 Å². The summed E-state index contributed by atoms with van der Waals surface area (Å²) in [6.07, 6.45) is 7.28. The van der Waals surface area contributed by atoms with E-state index in [1.165, 1.54) is 35.2 Å². The van der Waals surface area contributed by atoms with Crippen LogP contribution >= 0.6 is 0 Å². The molecule has 2 aliphatic heterocycles. The molecule has 3 N–H and O–H groups in total. The van der Waals surface area contributed by atoms with Crippen molar-refractivity contribution in [2.75, 3.05) is 31.9 Å². The highest BCUT2D eigenvalue weighted by molar-refractivity contribution is 5.95. The minimum atomic E-state index is -1.28. The second kappa shape index (κ2) is 15.0. The minimum absolute atomic E-state index is 0.0195. The lowest BCUT2D eigenvalue weighted by molar-refractivity contribution is -0.142. The van der Waals surface area contributed by atoms with Gasteiger partial charge in [0.1, 0.15) is 17.9 Å². The van der Waals surface area contributed by atoms with Gasteiger partial charge in [-0.1, -0.05) is 36.4 Å². The Balaban J connectivity index is 1.01. The normalized spacial score (nSPS) is 18.4. The number of nitrogens with zero attached hydrogens (tertiary/aromatic N) is 6. The molecule has 0 spiro atoms. The third-order valence-electron chi connectivity index (χ3n) is 10.2. The van der Waals surface area contributed by atoms with Crippen molar-refractivity contribution in [1.29, 1.82) is 0 Å². The van der Waals surface area contributed by atoms with Crippen molar-refractivity contribution >= 4 is 17.5 Å². The van der Waals surface area contributed by atoms with Gasteiger partial charge >= 0.3 is 0 Å². The molecule has 0 radical (unpaired) electrons. The molecule has 53 heavy (non-hydrogen) atoms. The number of carbonyl (C=O) groups excluding carboxylic acids is 2. The number of piperidine rings is 2. The average molecular weight is 718 g/mol. The largest absolute Gasteiger partial charge is 0.437 e. The van der Waals surface area contributed by atoms with Crippen molar-refractivity contribution in [3.63, 3.8) is 0 Å². The predicted molar refractivity (Wildman–Crippen MR) is 196 cm³/mol. The van der Waals surface area contributed by atoms with E-state index in [1.807, 2.05) is 55.5 Å². The molecule has 0 saturated carbocycles. The number of amides is 2. The van der Waals surface area contributed by atoms with E-state index in [-0.39, 0.29) is 60.4 Å². The van der Waals surface area contributed by atoms with Crippen LogP contribution in [0.3, 0.4) is 0 Å². The number of halogens is 1. The van der Waals surface area contributed by atoms with E-state index in [0.717, 1.165) is 22.4 Å². The number of pyridine rings is 2. The Kier molecular flexibility index (Phi) is 10.0. The smallest absolute Gasteiger partial charge is 0.280 e. The summed E-state index contributed by atoms with van der Waals surface area (Å²) in [6.45, 7) is 3.22. The zero-order valence-electron chi connectivity index (χ0n) is 29.3. The van der Waals surface area contributed by atoms with Gasteiger partial charge in [0.25, 0.3) is 11.5 Å². The summed E-state index contributed by atoms with van der Waals surface area (Å²) in [6, 6.07) is 20.7. The van der Waals surface area contributed by atoms with Gasteiger partial charge in [0.05, 0.1) is 17.7 Å². The van der Waals surface area contributed by atoms with E-state index < -0.39 is 17.0 Å². The molecule has 0 bridgehead atoms. The highest BCUT2D eigenvalue weighted by atomic mass is 19.1. The number of aryl methyl sites for hydroxylation is 1. The van der Waals surface area contributed by atoms with Crippen LogP contribution in [0.2, 0.25) is 0 Å². The van der Waals surface area contributed by atoms with Gasteiger partial charge in [0, 0.05) is 73.4 Å². The van der Waals surface area contributed by atoms with Crippen LogP contribution in [-0.4, -0.2) is 78.0 Å². The number of rotatable bonds is 8. The number of aliphatic hydroxyl groups is 1. The maximum absolute atomic E-state index is 14.2. The molecule has 2 aromatic carbocycles. The second-order valence-electron chi connectivity index (χ2n) is 13.8. The first kappa shape index (κ1) is 35.5. The quantitative estimate of drug-likeness (QED) is 0.230. The third kappa shape index (κ3) is 7.80. The van der Waals surface area contributed by atoms with Gasteiger partial charge in [0.2, 0.25) is 11.8 Å². The third-order valence-corrected chi connectivity index (χ3v) is 10.2. The van der Waals surface area contributed by atoms with Crippen LogP contribution in [0.4, 0.5) is 10.1 Å². The van der Waals surface area contributed by atoms with E-state index in [2.05, 4.69) is 15.0 Å². The van der Waals surface area contributed by atoms with Gasteiger partial charge in [-0.05, 0) is 68.1 Å². The average Bonchev–Trinajstić information content (AvgIpc) is 3.19. The van der Waals surface area contributed by atoms with Gasteiger partial charge in [-0.3, -0.25) is 28.9 Å². The van der Waals surface area contributed by atoms with Crippen molar-refractivity contribution in [3.05, 3.63) is 131 Å². The molecule has 2 saturated heterocycles. The summed E-state index contributed by atoms with van der Waals surface area (Å²) in [5, 5.41) is 11.5. The number of likely N-dealkylation sites (tertiary alicyclic amines) is 2. The second-order valence-corrected chi connectivity index (χ2v) is 13.8. The molecule has 2 amide bonds. The molecule has 5 heterocycles. The van der Waals surface area contributed by atoms with Crippen LogP contribution in [0.1, 0.15) is 46.8 Å². The number of nitrogens with two attached hydrogens (primary N) is 1. The molecule has 272 valence electrons. The number of benzene rings is 2. The van der Waals surface area contributed by atoms with Crippen LogP contribution in [0.25, 0.3) is 11.1 Å². The van der Waals surface area contributed by atoms with Crippen LogP contribution < -0.4 is 16.0 Å². The highest BCUT2D eigenvalue weighted by Crippen LogP contribution is 2.36. The van der Waals surface area contributed by atoms with Crippen LogP contribution in [-0.2, 0) is 11.3 Å². The maximum atomic E-state index is 14.2. The fraction of sp³-hybridized carbons (Fsp3) is 0.300. The fourth-order valence-corrected chi connectivity index (χ4v) is 7.16. The molecule has 5 aromatic rings. The Morgan fingerprint density at radius 1 is 0.943 bits per heavy atom. The van der Waals surface area contributed by atoms with Gasteiger partial charge in [-0.15, -0.1) is 0 Å². The Morgan fingerprint density at radius 3 is 2.42 bits per heavy atom. The van der Waals surface area contributed by atoms with Crippen molar-refractivity contribution in [2.24, 2.45) is 5.92 Å². The number of aromatic nitrogens is 4. The Morgan fingerprint density at radius 2 is 1.70 bits per heavy atom. The number of ether oxygens (including phenoxy) is 1. The monoisotopic (exact) mass is 717 g/mol. The Bertz CT molecular complexity index is 2150. The minimum Gasteiger partial charge on any atom is -0.437 e. The van der Waals surface area contributed by atoms with E-state index >= 15 is 0 Å². The summed E-state index contributed by atoms with van der Waals surface area (Å²) < 4.78 is 20.1. The van der Waals surface area contributed by atoms with Gasteiger partial charge in [0.15, 0.2) is 5.69 Å². The fourth-order valence-electron chi connectivity index (χ4n) is 7.16. The first-order chi connectivity index (χ1) is 25.6. The van der Waals surface area contributed by atoms with Crippen LogP contribution in [0, 0.1) is 18.7 Å². The molecule has 2 atom stereocenters. The SMILES string of the molecule is Cc1ccc(-c2cncc(C(=O)N3CC[C@@H](C(=O)N4CCC(O)(Cn5cnc(Oc6ccc(F)cc6)c(N)c5=O)CC4)[C@H](c4ccccc4)C3)c2)cn1. The summed E-state index contributed by atoms with van der Waals surface area (Å²) in [7, 11) is 0. The number of nitrogen functional groups attached to an aromatic ring is 1. The molecular weight excluding hydrogens is 677 g/mol. The number of hydrogen-bond acceptors (Lipinski definition) is 9. The molecule has 13 heteroatoms. The van der Waals surface area contributed by atoms with E-state index in [0.29, 0.717) is 38.2 Å². The lowest BCUT2D eigenvalue weighted by atomic mass is 9.79. The van der Waals surface area contributed by atoms with Gasteiger partial charge in [-0.2, -0.15) is 0 Å². The Labute approximate surface area is 305 Å². The van der Waals surface area contributed by atoms with Crippen LogP contribution in [0.15, 0.2) is 103 Å². The molecule has 2 aliphatic rings. The van der Waals surface area contributed by atoms with E-state index in [4.69, 9.17) is 10.5 Å².